The first kappa shape index (κ1) is 20.0. The Balaban J connectivity index is 1.87. The number of hydrogen-bond donors (Lipinski definition) is 3. The smallest absolute Gasteiger partial charge is 0.279 e. The third-order valence-electron chi connectivity index (χ3n) is 3.70. The summed E-state index contributed by atoms with van der Waals surface area (Å²) in [6.07, 6.45) is -0.705. The minimum atomic E-state index is -0.705. The summed E-state index contributed by atoms with van der Waals surface area (Å²) in [6, 6.07) is 11.3. The average Bonchev–Trinajstić information content (AvgIpc) is 2.57. The molecule has 0 radical (unpaired) electrons. The lowest BCUT2D eigenvalue weighted by molar-refractivity contribution is -0.127. The van der Waals surface area contributed by atoms with Crippen LogP contribution in [0.3, 0.4) is 0 Å². The van der Waals surface area contributed by atoms with Crippen molar-refractivity contribution in [3.05, 3.63) is 58.1 Å². The lowest BCUT2D eigenvalue weighted by atomic mass is 10.1. The summed E-state index contributed by atoms with van der Waals surface area (Å²) < 4.78 is 5.78. The Morgan fingerprint density at radius 3 is 2.23 bits per heavy atom. The van der Waals surface area contributed by atoms with Crippen LogP contribution in [0.15, 0.2) is 36.4 Å². The van der Waals surface area contributed by atoms with E-state index in [-0.39, 0.29) is 11.0 Å². The summed E-state index contributed by atoms with van der Waals surface area (Å²) in [7, 11) is 0. The van der Waals surface area contributed by atoms with Crippen molar-refractivity contribution < 1.29 is 9.53 Å². The molecule has 0 spiro atoms. The highest BCUT2D eigenvalue weighted by molar-refractivity contribution is 7.80. The number of nitrogens with one attached hydrogen (secondary N) is 3. The summed E-state index contributed by atoms with van der Waals surface area (Å²) in [6.45, 7) is 7.45. The molecule has 0 aromatic heterocycles. The molecule has 2 aromatic carbocycles. The molecule has 2 rings (SSSR count). The van der Waals surface area contributed by atoms with Crippen LogP contribution in [-0.2, 0) is 4.79 Å². The van der Waals surface area contributed by atoms with Gasteiger partial charge in [-0.1, -0.05) is 29.3 Å². The number of rotatable bonds is 4. The van der Waals surface area contributed by atoms with Crippen LogP contribution in [0.2, 0.25) is 5.02 Å². The highest BCUT2D eigenvalue weighted by atomic mass is 35.5. The highest BCUT2D eigenvalue weighted by Crippen LogP contribution is 2.27. The van der Waals surface area contributed by atoms with E-state index in [1.807, 2.05) is 45.0 Å². The zero-order valence-electron chi connectivity index (χ0n) is 15.1. The van der Waals surface area contributed by atoms with Crippen molar-refractivity contribution in [2.75, 3.05) is 5.32 Å². The standard InChI is InChI=1S/C19H22ClN3O2S/c1-11-5-7-16(8-6-11)21-19(26)23-22-18(24)14(4)25-17-12(2)9-15(20)10-13(17)3/h5-10,14H,1-4H3,(H,22,24)(H2,21,23,26)/t14-/m1/s1. The number of hydrogen-bond acceptors (Lipinski definition) is 3. The van der Waals surface area contributed by atoms with E-state index in [1.54, 1.807) is 19.1 Å². The van der Waals surface area contributed by atoms with Crippen molar-refractivity contribution >= 4 is 40.5 Å². The molecule has 0 aliphatic rings. The summed E-state index contributed by atoms with van der Waals surface area (Å²) in [5, 5.41) is 3.91. The maximum Gasteiger partial charge on any atom is 0.279 e. The molecule has 26 heavy (non-hydrogen) atoms. The second kappa shape index (κ2) is 8.87. The van der Waals surface area contributed by atoms with Crippen LogP contribution in [0, 0.1) is 20.8 Å². The topological polar surface area (TPSA) is 62.4 Å². The molecule has 0 heterocycles. The van der Waals surface area contributed by atoms with E-state index in [9.17, 15) is 4.79 Å². The zero-order chi connectivity index (χ0) is 19.3. The molecule has 5 nitrogen and oxygen atoms in total. The van der Waals surface area contributed by atoms with E-state index < -0.39 is 6.10 Å². The molecule has 3 N–H and O–H groups in total. The van der Waals surface area contributed by atoms with Crippen LogP contribution < -0.4 is 20.9 Å². The van der Waals surface area contributed by atoms with Gasteiger partial charge in [0.1, 0.15) is 5.75 Å². The molecular formula is C19H22ClN3O2S. The van der Waals surface area contributed by atoms with Crippen LogP contribution in [0.5, 0.6) is 5.75 Å². The van der Waals surface area contributed by atoms with Crippen molar-refractivity contribution in [2.24, 2.45) is 0 Å². The highest BCUT2D eigenvalue weighted by Gasteiger charge is 2.17. The Morgan fingerprint density at radius 1 is 1.08 bits per heavy atom. The molecule has 0 saturated heterocycles. The fourth-order valence-electron chi connectivity index (χ4n) is 2.33. The Hall–Kier alpha value is -2.31. The van der Waals surface area contributed by atoms with Crippen molar-refractivity contribution in [3.63, 3.8) is 0 Å². The molecular weight excluding hydrogens is 370 g/mol. The van der Waals surface area contributed by atoms with Gasteiger partial charge in [0.25, 0.3) is 5.91 Å². The third kappa shape index (κ3) is 5.61. The Bertz CT molecular complexity index is 786. The first-order chi connectivity index (χ1) is 12.3. The second-order valence-corrected chi connectivity index (χ2v) is 6.91. The minimum absolute atomic E-state index is 0.285. The van der Waals surface area contributed by atoms with Gasteiger partial charge in [-0.05, 0) is 75.3 Å². The summed E-state index contributed by atoms with van der Waals surface area (Å²) in [4.78, 5) is 12.2. The van der Waals surface area contributed by atoms with E-state index in [1.165, 1.54) is 0 Å². The van der Waals surface area contributed by atoms with Gasteiger partial charge in [-0.3, -0.25) is 15.6 Å². The van der Waals surface area contributed by atoms with Gasteiger partial charge in [-0.25, -0.2) is 0 Å². The summed E-state index contributed by atoms with van der Waals surface area (Å²) in [5.41, 5.74) is 8.95. The van der Waals surface area contributed by atoms with Gasteiger partial charge in [-0.15, -0.1) is 0 Å². The zero-order valence-corrected chi connectivity index (χ0v) is 16.7. The average molecular weight is 392 g/mol. The molecule has 0 aliphatic heterocycles. The number of anilines is 1. The molecule has 0 aliphatic carbocycles. The number of carbonyl (C=O) groups is 1. The van der Waals surface area contributed by atoms with Crippen molar-refractivity contribution in [1.29, 1.82) is 0 Å². The number of hydrazine groups is 1. The van der Waals surface area contributed by atoms with Gasteiger partial charge in [0, 0.05) is 10.7 Å². The number of benzene rings is 2. The van der Waals surface area contributed by atoms with Gasteiger partial charge < -0.3 is 10.1 Å². The molecule has 2 aromatic rings. The quantitative estimate of drug-likeness (QED) is 0.542. The van der Waals surface area contributed by atoms with Crippen LogP contribution in [0.4, 0.5) is 5.69 Å². The van der Waals surface area contributed by atoms with E-state index in [0.717, 1.165) is 22.4 Å². The third-order valence-corrected chi connectivity index (χ3v) is 4.12. The number of ether oxygens (including phenoxy) is 1. The number of thiocarbonyl (C=S) groups is 1. The largest absolute Gasteiger partial charge is 0.480 e. The molecule has 0 bridgehead atoms. The van der Waals surface area contributed by atoms with Crippen LogP contribution >= 0.6 is 23.8 Å². The van der Waals surface area contributed by atoms with Crippen molar-refractivity contribution in [3.8, 4) is 5.75 Å². The Morgan fingerprint density at radius 2 is 1.65 bits per heavy atom. The molecule has 0 saturated carbocycles. The van der Waals surface area contributed by atoms with Crippen LogP contribution in [0.1, 0.15) is 23.6 Å². The minimum Gasteiger partial charge on any atom is -0.480 e. The van der Waals surface area contributed by atoms with Crippen molar-refractivity contribution in [1.82, 2.24) is 10.9 Å². The van der Waals surface area contributed by atoms with Gasteiger partial charge in [0.2, 0.25) is 0 Å². The molecule has 0 unspecified atom stereocenters. The Labute approximate surface area is 164 Å². The first-order valence-electron chi connectivity index (χ1n) is 8.13. The number of carbonyl (C=O) groups excluding carboxylic acids is 1. The summed E-state index contributed by atoms with van der Waals surface area (Å²) in [5.74, 6) is 0.309. The van der Waals surface area contributed by atoms with E-state index >= 15 is 0 Å². The fourth-order valence-corrected chi connectivity index (χ4v) is 2.83. The number of halogens is 1. The predicted molar refractivity (Wildman–Crippen MR) is 110 cm³/mol. The second-order valence-electron chi connectivity index (χ2n) is 6.06. The summed E-state index contributed by atoms with van der Waals surface area (Å²) >= 11 is 11.2. The monoisotopic (exact) mass is 391 g/mol. The van der Waals surface area contributed by atoms with Gasteiger partial charge >= 0.3 is 0 Å². The fraction of sp³-hybridized carbons (Fsp3) is 0.263. The van der Waals surface area contributed by atoms with Crippen LogP contribution in [0.25, 0.3) is 0 Å². The maximum atomic E-state index is 12.2. The molecule has 1 atom stereocenters. The van der Waals surface area contributed by atoms with Crippen molar-refractivity contribution in [2.45, 2.75) is 33.8 Å². The van der Waals surface area contributed by atoms with Gasteiger partial charge in [-0.2, -0.15) is 0 Å². The first-order valence-corrected chi connectivity index (χ1v) is 8.92. The van der Waals surface area contributed by atoms with E-state index in [4.69, 9.17) is 28.6 Å². The van der Waals surface area contributed by atoms with Crippen LogP contribution in [-0.4, -0.2) is 17.1 Å². The van der Waals surface area contributed by atoms with Gasteiger partial charge in [0.05, 0.1) is 0 Å². The lowest BCUT2D eigenvalue weighted by Crippen LogP contribution is -2.48. The SMILES string of the molecule is Cc1ccc(NC(=S)NNC(=O)[C@@H](C)Oc2c(C)cc(Cl)cc2C)cc1. The van der Waals surface area contributed by atoms with E-state index in [2.05, 4.69) is 16.2 Å². The normalized spacial score (nSPS) is 11.4. The molecule has 138 valence electrons. The maximum absolute atomic E-state index is 12.2. The number of aryl methyl sites for hydroxylation is 3. The predicted octanol–water partition coefficient (Wildman–Crippen LogP) is 4.05. The number of amides is 1. The lowest BCUT2D eigenvalue weighted by Gasteiger charge is -2.19. The molecule has 1 amide bonds. The molecule has 0 fully saturated rings. The molecule has 7 heteroatoms. The van der Waals surface area contributed by atoms with Gasteiger partial charge in [0.15, 0.2) is 11.2 Å². The Kier molecular flexibility index (Phi) is 6.83. The van der Waals surface area contributed by atoms with E-state index in [0.29, 0.717) is 10.8 Å².